The largest absolute Gasteiger partial charge is 0.344 e. The minimum absolute atomic E-state index is 0.288. The fraction of sp³-hybridized carbons (Fsp3) is 0.562. The van der Waals surface area contributed by atoms with Gasteiger partial charge < -0.3 is 9.50 Å². The predicted octanol–water partition coefficient (Wildman–Crippen LogP) is 2.49. The van der Waals surface area contributed by atoms with Gasteiger partial charge in [-0.05, 0) is 39.0 Å². The summed E-state index contributed by atoms with van der Waals surface area (Å²) < 4.78 is 72.1. The number of carbonyl (C=O) groups is 1. The van der Waals surface area contributed by atoms with Gasteiger partial charge in [-0.2, -0.15) is 8.42 Å². The second-order valence-electron chi connectivity index (χ2n) is 7.27. The van der Waals surface area contributed by atoms with Crippen molar-refractivity contribution in [2.75, 3.05) is 13.1 Å². The van der Waals surface area contributed by atoms with Crippen LogP contribution < -0.4 is 10.6 Å². The van der Waals surface area contributed by atoms with E-state index in [-0.39, 0.29) is 6.54 Å². The highest BCUT2D eigenvalue weighted by Crippen LogP contribution is 2.35. The molecule has 0 bridgehead atoms. The lowest BCUT2D eigenvalue weighted by Gasteiger charge is -2.41. The van der Waals surface area contributed by atoms with Crippen molar-refractivity contribution in [1.29, 1.82) is 0 Å². The van der Waals surface area contributed by atoms with Crippen LogP contribution in [-0.2, 0) is 24.6 Å². The summed E-state index contributed by atoms with van der Waals surface area (Å²) in [4.78, 5) is 11.9. The molecular formula is C16H20BrF3N2O4S. The van der Waals surface area contributed by atoms with Crippen molar-refractivity contribution >= 4 is 32.0 Å². The molecule has 1 heterocycles. The molecule has 11 heteroatoms. The molecule has 2 atom stereocenters. The fourth-order valence-corrected chi connectivity index (χ4v) is 4.14. The summed E-state index contributed by atoms with van der Waals surface area (Å²) in [5, 5.41) is 3.21. The maximum Gasteiger partial charge on any atom is 0.329 e. The molecular weight excluding hydrogens is 453 g/mol. The molecule has 6 nitrogen and oxygen atoms in total. The van der Waals surface area contributed by atoms with E-state index in [0.29, 0.717) is 4.47 Å². The number of piperazine rings is 1. The zero-order chi connectivity index (χ0) is 20.6. The van der Waals surface area contributed by atoms with Crippen LogP contribution in [0.1, 0.15) is 26.3 Å². The van der Waals surface area contributed by atoms with Gasteiger partial charge in [0.05, 0.1) is 5.41 Å². The van der Waals surface area contributed by atoms with E-state index in [9.17, 15) is 26.4 Å². The van der Waals surface area contributed by atoms with E-state index in [4.69, 9.17) is 0 Å². The average Bonchev–Trinajstić information content (AvgIpc) is 2.55. The lowest BCUT2D eigenvalue weighted by molar-refractivity contribution is -0.142. The molecule has 1 aromatic rings. The summed E-state index contributed by atoms with van der Waals surface area (Å²) in [6.07, 6.45) is -3.15. The first-order valence-corrected chi connectivity index (χ1v) is 10.3. The minimum Gasteiger partial charge on any atom is -0.344 e. The first kappa shape index (κ1) is 22.1. The van der Waals surface area contributed by atoms with Gasteiger partial charge in [-0.25, -0.2) is 13.2 Å². The Bertz CT molecular complexity index is 829. The van der Waals surface area contributed by atoms with E-state index in [2.05, 4.69) is 30.7 Å². The summed E-state index contributed by atoms with van der Waals surface area (Å²) in [6.45, 7) is 3.66. The monoisotopic (exact) mass is 472 g/mol. The van der Waals surface area contributed by atoms with Crippen molar-refractivity contribution in [3.63, 3.8) is 0 Å². The minimum atomic E-state index is -4.59. The second kappa shape index (κ2) is 7.69. The number of hydrogen-bond donors (Lipinski definition) is 2. The van der Waals surface area contributed by atoms with Crippen LogP contribution in [0, 0.1) is 11.2 Å². The maximum absolute atomic E-state index is 14.3. The molecule has 2 N–H and O–H groups in total. The number of halogens is 4. The summed E-state index contributed by atoms with van der Waals surface area (Å²) >= 11 is 3.10. The highest BCUT2D eigenvalue weighted by atomic mass is 79.9. The van der Waals surface area contributed by atoms with Gasteiger partial charge in [-0.15, -0.1) is 0 Å². The standard InChI is InChI=1S/C16H20BrF3N2O4S/c1-15(2,3)14(23)26-27(24,25)12-7-21-8-16(22-12,13(19)20)10-6-9(17)4-5-11(10)18/h4-6,12-13,21-22H,7-8H2,1-3H3. The lowest BCUT2D eigenvalue weighted by Crippen LogP contribution is -2.67. The van der Waals surface area contributed by atoms with Crippen LogP contribution in [0.5, 0.6) is 0 Å². The number of benzene rings is 1. The molecule has 0 saturated carbocycles. The molecule has 2 unspecified atom stereocenters. The normalized spacial score (nSPS) is 24.1. The Hall–Kier alpha value is -1.17. The van der Waals surface area contributed by atoms with Gasteiger partial charge in [0.15, 0.2) is 5.37 Å². The van der Waals surface area contributed by atoms with Crippen LogP contribution in [0.4, 0.5) is 13.2 Å². The SMILES string of the molecule is CC(C)(C)C(=O)OS(=O)(=O)C1CNCC(c2cc(Br)ccc2F)(C(F)F)N1. The Morgan fingerprint density at radius 1 is 1.37 bits per heavy atom. The third-order valence-corrected chi connectivity index (χ3v) is 5.94. The van der Waals surface area contributed by atoms with Crippen LogP contribution in [-0.4, -0.2) is 39.3 Å². The highest BCUT2D eigenvalue weighted by Gasteiger charge is 2.50. The molecule has 1 saturated heterocycles. The van der Waals surface area contributed by atoms with E-state index in [1.54, 1.807) is 0 Å². The van der Waals surface area contributed by atoms with Gasteiger partial charge in [0.1, 0.15) is 11.4 Å². The van der Waals surface area contributed by atoms with Gasteiger partial charge in [0, 0.05) is 23.1 Å². The predicted molar refractivity (Wildman–Crippen MR) is 96.0 cm³/mol. The van der Waals surface area contributed by atoms with Crippen molar-refractivity contribution in [2.45, 2.75) is 38.1 Å². The summed E-state index contributed by atoms with van der Waals surface area (Å²) in [5.41, 5.74) is -3.83. The highest BCUT2D eigenvalue weighted by molar-refractivity contribution is 9.10. The number of rotatable bonds is 4. The zero-order valence-electron chi connectivity index (χ0n) is 14.9. The summed E-state index contributed by atoms with van der Waals surface area (Å²) in [7, 11) is -4.59. The lowest BCUT2D eigenvalue weighted by atomic mass is 9.88. The molecule has 0 spiro atoms. The van der Waals surface area contributed by atoms with Crippen molar-refractivity contribution in [3.8, 4) is 0 Å². The van der Waals surface area contributed by atoms with Crippen molar-refractivity contribution in [2.24, 2.45) is 5.41 Å². The topological polar surface area (TPSA) is 84.5 Å². The average molecular weight is 473 g/mol. The Kier molecular flexibility index (Phi) is 6.30. The number of hydrogen-bond acceptors (Lipinski definition) is 6. The zero-order valence-corrected chi connectivity index (χ0v) is 17.3. The van der Waals surface area contributed by atoms with Crippen LogP contribution in [0.2, 0.25) is 0 Å². The molecule has 1 aliphatic rings. The van der Waals surface area contributed by atoms with E-state index in [1.165, 1.54) is 26.8 Å². The number of nitrogens with one attached hydrogen (secondary N) is 2. The Balaban J connectivity index is 2.41. The first-order valence-electron chi connectivity index (χ1n) is 7.99. The molecule has 1 aliphatic heterocycles. The molecule has 1 fully saturated rings. The molecule has 0 amide bonds. The fourth-order valence-electron chi connectivity index (χ4n) is 2.52. The van der Waals surface area contributed by atoms with Crippen LogP contribution >= 0.6 is 15.9 Å². The molecule has 0 radical (unpaired) electrons. The van der Waals surface area contributed by atoms with E-state index in [1.807, 2.05) is 0 Å². The molecule has 0 aromatic heterocycles. The van der Waals surface area contributed by atoms with Crippen molar-refractivity contribution < 1.29 is 30.6 Å². The Labute approximate surface area is 164 Å². The van der Waals surface area contributed by atoms with E-state index in [0.717, 1.165) is 12.1 Å². The van der Waals surface area contributed by atoms with Crippen LogP contribution in [0.3, 0.4) is 0 Å². The third kappa shape index (κ3) is 4.64. The van der Waals surface area contributed by atoms with Crippen molar-refractivity contribution in [3.05, 3.63) is 34.1 Å². The van der Waals surface area contributed by atoms with Gasteiger partial charge in [0.2, 0.25) is 0 Å². The van der Waals surface area contributed by atoms with Crippen LogP contribution in [0.15, 0.2) is 22.7 Å². The maximum atomic E-state index is 14.3. The summed E-state index contributed by atoms with van der Waals surface area (Å²) in [5.74, 6) is -1.94. The molecule has 0 aliphatic carbocycles. The van der Waals surface area contributed by atoms with E-state index >= 15 is 0 Å². The molecule has 27 heavy (non-hydrogen) atoms. The molecule has 152 valence electrons. The first-order chi connectivity index (χ1) is 12.3. The van der Waals surface area contributed by atoms with E-state index < -0.39 is 56.8 Å². The molecule has 1 aromatic carbocycles. The van der Waals surface area contributed by atoms with Crippen LogP contribution in [0.25, 0.3) is 0 Å². The summed E-state index contributed by atoms with van der Waals surface area (Å²) in [6, 6.07) is 3.50. The smallest absolute Gasteiger partial charge is 0.329 e. The Morgan fingerprint density at radius 3 is 2.56 bits per heavy atom. The number of carbonyl (C=O) groups excluding carboxylic acids is 1. The Morgan fingerprint density at radius 2 is 2.00 bits per heavy atom. The van der Waals surface area contributed by atoms with Gasteiger partial charge in [0.25, 0.3) is 6.43 Å². The quantitative estimate of drug-likeness (QED) is 0.654. The third-order valence-electron chi connectivity index (χ3n) is 4.09. The second-order valence-corrected chi connectivity index (χ2v) is 9.91. The van der Waals surface area contributed by atoms with Gasteiger partial charge in [-0.3, -0.25) is 10.1 Å². The van der Waals surface area contributed by atoms with Gasteiger partial charge in [-0.1, -0.05) is 15.9 Å². The number of alkyl halides is 2. The van der Waals surface area contributed by atoms with Gasteiger partial charge >= 0.3 is 16.1 Å². The van der Waals surface area contributed by atoms with Crippen molar-refractivity contribution in [1.82, 2.24) is 10.6 Å². The molecule has 2 rings (SSSR count).